The topological polar surface area (TPSA) is 41.4 Å². The predicted molar refractivity (Wildman–Crippen MR) is 81.4 cm³/mol. The number of likely N-dealkylation sites (tertiary alicyclic amines) is 1. The van der Waals surface area contributed by atoms with E-state index in [0.717, 1.165) is 43.4 Å². The molecule has 2 fully saturated rings. The molecule has 21 heavy (non-hydrogen) atoms. The van der Waals surface area contributed by atoms with E-state index < -0.39 is 0 Å². The van der Waals surface area contributed by atoms with Gasteiger partial charge in [0.05, 0.1) is 17.7 Å². The van der Waals surface area contributed by atoms with E-state index in [0.29, 0.717) is 6.42 Å². The zero-order valence-electron chi connectivity index (χ0n) is 13.0. The molecule has 1 spiro atoms. The van der Waals surface area contributed by atoms with Gasteiger partial charge >= 0.3 is 0 Å². The van der Waals surface area contributed by atoms with Gasteiger partial charge in [-0.05, 0) is 38.5 Å². The van der Waals surface area contributed by atoms with Crippen molar-refractivity contribution in [2.75, 3.05) is 31.6 Å². The molecule has 0 aromatic carbocycles. The van der Waals surface area contributed by atoms with Crippen LogP contribution in [0, 0.1) is 12.8 Å². The zero-order chi connectivity index (χ0) is 14.6. The number of aryl methyl sites for hydroxylation is 1. The SMILES string of the molecule is Cc1cc2n(n1)C1(CCN(CC3CC3)CC1)CC(=O)N2C. The largest absolute Gasteiger partial charge is 0.303 e. The number of hydrogen-bond donors (Lipinski definition) is 0. The molecule has 0 atom stereocenters. The Labute approximate surface area is 125 Å². The van der Waals surface area contributed by atoms with E-state index in [-0.39, 0.29) is 11.4 Å². The van der Waals surface area contributed by atoms with Gasteiger partial charge in [-0.15, -0.1) is 0 Å². The summed E-state index contributed by atoms with van der Waals surface area (Å²) >= 11 is 0. The number of rotatable bonds is 2. The van der Waals surface area contributed by atoms with Crippen molar-refractivity contribution in [3.63, 3.8) is 0 Å². The summed E-state index contributed by atoms with van der Waals surface area (Å²) in [5.74, 6) is 2.15. The van der Waals surface area contributed by atoms with Gasteiger partial charge in [-0.3, -0.25) is 4.79 Å². The number of hydrogen-bond acceptors (Lipinski definition) is 3. The first kappa shape index (κ1) is 13.3. The van der Waals surface area contributed by atoms with Crippen molar-refractivity contribution in [3.05, 3.63) is 11.8 Å². The Kier molecular flexibility index (Phi) is 2.89. The second-order valence-electron chi connectivity index (χ2n) is 7.15. The number of amides is 1. The van der Waals surface area contributed by atoms with Gasteiger partial charge in [-0.2, -0.15) is 5.10 Å². The fraction of sp³-hybridized carbons (Fsp3) is 0.750. The molecule has 5 heteroatoms. The molecule has 1 aromatic rings. The average Bonchev–Trinajstić information content (AvgIpc) is 3.18. The lowest BCUT2D eigenvalue weighted by Gasteiger charge is -2.46. The lowest BCUT2D eigenvalue weighted by atomic mass is 9.82. The molecular formula is C16H24N4O. The van der Waals surface area contributed by atoms with Crippen LogP contribution in [0.5, 0.6) is 0 Å². The van der Waals surface area contributed by atoms with Gasteiger partial charge in [-0.1, -0.05) is 0 Å². The van der Waals surface area contributed by atoms with Gasteiger partial charge in [0.2, 0.25) is 5.91 Å². The van der Waals surface area contributed by atoms with Gasteiger partial charge in [0, 0.05) is 32.7 Å². The summed E-state index contributed by atoms with van der Waals surface area (Å²) in [4.78, 5) is 16.7. The molecule has 0 bridgehead atoms. The third kappa shape index (κ3) is 2.18. The van der Waals surface area contributed by atoms with Crippen LogP contribution in [0.15, 0.2) is 6.07 Å². The first-order valence-corrected chi connectivity index (χ1v) is 8.13. The van der Waals surface area contributed by atoms with Crippen molar-refractivity contribution in [2.45, 2.75) is 44.6 Å². The number of aromatic nitrogens is 2. The van der Waals surface area contributed by atoms with E-state index in [1.807, 2.05) is 20.0 Å². The van der Waals surface area contributed by atoms with Crippen LogP contribution in [0.3, 0.4) is 0 Å². The van der Waals surface area contributed by atoms with E-state index in [1.54, 1.807) is 4.90 Å². The van der Waals surface area contributed by atoms with Gasteiger partial charge in [0.15, 0.2) is 0 Å². The molecule has 3 aliphatic rings. The van der Waals surface area contributed by atoms with Crippen molar-refractivity contribution in [3.8, 4) is 0 Å². The number of piperidine rings is 1. The first-order chi connectivity index (χ1) is 10.1. The highest BCUT2D eigenvalue weighted by atomic mass is 16.2. The highest BCUT2D eigenvalue weighted by molar-refractivity contribution is 5.94. The first-order valence-electron chi connectivity index (χ1n) is 8.13. The Hall–Kier alpha value is -1.36. The molecule has 4 rings (SSSR count). The summed E-state index contributed by atoms with van der Waals surface area (Å²) in [6.07, 6.45) is 5.52. The summed E-state index contributed by atoms with van der Waals surface area (Å²) in [6.45, 7) is 5.48. The number of fused-ring (bicyclic) bond motifs is 2. The molecule has 1 saturated carbocycles. The molecular weight excluding hydrogens is 264 g/mol. The van der Waals surface area contributed by atoms with Crippen molar-refractivity contribution in [2.24, 2.45) is 5.92 Å². The van der Waals surface area contributed by atoms with Gasteiger partial charge in [0.1, 0.15) is 5.82 Å². The molecule has 2 aliphatic heterocycles. The Balaban J connectivity index is 1.59. The van der Waals surface area contributed by atoms with E-state index in [2.05, 4.69) is 9.58 Å². The van der Waals surface area contributed by atoms with Crippen LogP contribution < -0.4 is 4.90 Å². The summed E-state index contributed by atoms with van der Waals surface area (Å²) in [5, 5.41) is 4.72. The third-order valence-corrected chi connectivity index (χ3v) is 5.46. The molecule has 1 saturated heterocycles. The summed E-state index contributed by atoms with van der Waals surface area (Å²) in [6, 6.07) is 2.04. The minimum absolute atomic E-state index is 0.0762. The smallest absolute Gasteiger partial charge is 0.230 e. The van der Waals surface area contributed by atoms with Gasteiger partial charge in [-0.25, -0.2) is 4.68 Å². The second kappa shape index (κ2) is 4.57. The quantitative estimate of drug-likeness (QED) is 0.832. The van der Waals surface area contributed by atoms with Crippen molar-refractivity contribution in [1.29, 1.82) is 0 Å². The van der Waals surface area contributed by atoms with Crippen LogP contribution in [0.2, 0.25) is 0 Å². The number of nitrogens with zero attached hydrogens (tertiary/aromatic N) is 4. The molecule has 1 amide bonds. The van der Waals surface area contributed by atoms with Crippen molar-refractivity contribution in [1.82, 2.24) is 14.7 Å². The Morgan fingerprint density at radius 3 is 2.71 bits per heavy atom. The van der Waals surface area contributed by atoms with E-state index >= 15 is 0 Å². The average molecular weight is 288 g/mol. The predicted octanol–water partition coefficient (Wildman–Crippen LogP) is 1.76. The summed E-state index contributed by atoms with van der Waals surface area (Å²) < 4.78 is 2.15. The minimum Gasteiger partial charge on any atom is -0.303 e. The number of carbonyl (C=O) groups is 1. The van der Waals surface area contributed by atoms with E-state index in [4.69, 9.17) is 5.10 Å². The van der Waals surface area contributed by atoms with E-state index in [1.165, 1.54) is 19.4 Å². The van der Waals surface area contributed by atoms with Crippen LogP contribution in [0.1, 0.15) is 37.8 Å². The van der Waals surface area contributed by atoms with E-state index in [9.17, 15) is 4.79 Å². The van der Waals surface area contributed by atoms with Crippen LogP contribution in [-0.2, 0) is 10.3 Å². The number of anilines is 1. The zero-order valence-corrected chi connectivity index (χ0v) is 13.0. The fourth-order valence-electron chi connectivity index (χ4n) is 3.88. The van der Waals surface area contributed by atoms with Crippen LogP contribution >= 0.6 is 0 Å². The monoisotopic (exact) mass is 288 g/mol. The van der Waals surface area contributed by atoms with Crippen LogP contribution in [-0.4, -0.2) is 47.3 Å². The molecule has 3 heterocycles. The second-order valence-corrected chi connectivity index (χ2v) is 7.15. The molecule has 0 N–H and O–H groups in total. The van der Waals surface area contributed by atoms with Crippen molar-refractivity contribution < 1.29 is 4.79 Å². The van der Waals surface area contributed by atoms with Crippen LogP contribution in [0.4, 0.5) is 5.82 Å². The van der Waals surface area contributed by atoms with Crippen molar-refractivity contribution >= 4 is 11.7 Å². The Morgan fingerprint density at radius 2 is 2.05 bits per heavy atom. The maximum atomic E-state index is 12.4. The normalized spacial score (nSPS) is 25.4. The molecule has 5 nitrogen and oxygen atoms in total. The lowest BCUT2D eigenvalue weighted by molar-refractivity contribution is -0.122. The highest BCUT2D eigenvalue weighted by Gasteiger charge is 2.45. The molecule has 0 radical (unpaired) electrons. The summed E-state index contributed by atoms with van der Waals surface area (Å²) in [7, 11) is 1.87. The molecule has 0 unspecified atom stereocenters. The van der Waals surface area contributed by atoms with Crippen LogP contribution in [0.25, 0.3) is 0 Å². The summed E-state index contributed by atoms with van der Waals surface area (Å²) in [5.41, 5.74) is 0.930. The maximum Gasteiger partial charge on any atom is 0.230 e. The molecule has 114 valence electrons. The van der Waals surface area contributed by atoms with Gasteiger partial charge < -0.3 is 9.80 Å². The van der Waals surface area contributed by atoms with Gasteiger partial charge in [0.25, 0.3) is 0 Å². The highest BCUT2D eigenvalue weighted by Crippen LogP contribution is 2.41. The lowest BCUT2D eigenvalue weighted by Crippen LogP contribution is -2.53. The maximum absolute atomic E-state index is 12.4. The molecule has 1 aliphatic carbocycles. The minimum atomic E-state index is -0.0762. The number of carbonyl (C=O) groups excluding carboxylic acids is 1. The third-order valence-electron chi connectivity index (χ3n) is 5.46. The molecule has 1 aromatic heterocycles. The Bertz CT molecular complexity index is 567. The Morgan fingerprint density at radius 1 is 1.33 bits per heavy atom. The fourth-order valence-corrected chi connectivity index (χ4v) is 3.88. The standard InChI is InChI=1S/C16H24N4O/c1-12-9-14-18(2)15(21)10-16(20(14)17-12)5-7-19(8-6-16)11-13-3-4-13/h9,13H,3-8,10-11H2,1-2H3.